The number of carbonyl (C=O) groups excluding carboxylic acids is 1. The van der Waals surface area contributed by atoms with Gasteiger partial charge >= 0.3 is 5.95 Å². The first-order valence-electron chi connectivity index (χ1n) is 7.27. The number of rotatable bonds is 7. The third-order valence-corrected chi connectivity index (χ3v) is 3.59. The lowest BCUT2D eigenvalue weighted by atomic mass is 9.84. The zero-order chi connectivity index (χ0) is 17.7. The molecule has 0 saturated carbocycles. The zero-order valence-electron chi connectivity index (χ0n) is 13.7. The number of nitro groups is 1. The number of ether oxygens (including phenoxy) is 1. The molecule has 1 aromatic carbocycles. The van der Waals surface area contributed by atoms with E-state index in [9.17, 15) is 14.9 Å². The Morgan fingerprint density at radius 1 is 1.38 bits per heavy atom. The number of benzene rings is 1. The Morgan fingerprint density at radius 3 is 2.58 bits per heavy atom. The fourth-order valence-corrected chi connectivity index (χ4v) is 2.11. The van der Waals surface area contributed by atoms with Crippen LogP contribution < -0.4 is 10.1 Å². The van der Waals surface area contributed by atoms with Crippen molar-refractivity contribution in [2.75, 3.05) is 13.7 Å². The Labute approximate surface area is 138 Å². The average molecular weight is 333 g/mol. The second kappa shape index (κ2) is 7.07. The number of amides is 1. The summed E-state index contributed by atoms with van der Waals surface area (Å²) < 4.78 is 6.26. The van der Waals surface area contributed by atoms with Crippen molar-refractivity contribution in [1.82, 2.24) is 20.1 Å². The molecule has 1 aromatic heterocycles. The number of nitrogens with one attached hydrogen (secondary N) is 1. The highest BCUT2D eigenvalue weighted by molar-refractivity contribution is 5.75. The molecular formula is C15H19N5O4. The normalized spacial score (nSPS) is 11.1. The Kier molecular flexibility index (Phi) is 5.12. The number of aromatic nitrogens is 3. The molecule has 0 saturated heterocycles. The van der Waals surface area contributed by atoms with E-state index in [0.29, 0.717) is 6.54 Å². The Hall–Kier alpha value is -2.97. The van der Waals surface area contributed by atoms with Gasteiger partial charge in [0.2, 0.25) is 12.2 Å². The molecule has 0 bridgehead atoms. The molecule has 9 nitrogen and oxygen atoms in total. The fraction of sp³-hybridized carbons (Fsp3) is 0.400. The van der Waals surface area contributed by atoms with E-state index in [1.165, 1.54) is 0 Å². The molecule has 1 heterocycles. The highest BCUT2D eigenvalue weighted by Crippen LogP contribution is 2.24. The van der Waals surface area contributed by atoms with Crippen molar-refractivity contribution in [2.24, 2.45) is 0 Å². The van der Waals surface area contributed by atoms with Gasteiger partial charge < -0.3 is 20.2 Å². The predicted molar refractivity (Wildman–Crippen MR) is 85.7 cm³/mol. The van der Waals surface area contributed by atoms with Crippen molar-refractivity contribution < 1.29 is 14.5 Å². The molecule has 2 rings (SSSR count). The van der Waals surface area contributed by atoms with Gasteiger partial charge in [0.25, 0.3) is 0 Å². The topological polar surface area (TPSA) is 112 Å². The Balaban J connectivity index is 1.92. The molecule has 0 atom stereocenters. The lowest BCUT2D eigenvalue weighted by Gasteiger charge is -2.25. The number of nitrogens with zero attached hydrogens (tertiary/aromatic N) is 4. The Bertz CT molecular complexity index is 724. The van der Waals surface area contributed by atoms with Crippen LogP contribution in [0.2, 0.25) is 0 Å². The molecule has 0 aliphatic rings. The van der Waals surface area contributed by atoms with Gasteiger partial charge in [-0.25, -0.2) is 0 Å². The van der Waals surface area contributed by atoms with Crippen molar-refractivity contribution in [3.63, 3.8) is 0 Å². The summed E-state index contributed by atoms with van der Waals surface area (Å²) in [4.78, 5) is 25.3. The van der Waals surface area contributed by atoms with E-state index in [2.05, 4.69) is 15.4 Å². The van der Waals surface area contributed by atoms with Crippen LogP contribution in [0.1, 0.15) is 19.4 Å². The summed E-state index contributed by atoms with van der Waals surface area (Å²) in [7, 11) is 1.61. The van der Waals surface area contributed by atoms with Crippen LogP contribution in [0.5, 0.6) is 5.75 Å². The lowest BCUT2D eigenvalue weighted by molar-refractivity contribution is -0.394. The van der Waals surface area contributed by atoms with Crippen LogP contribution in [0.25, 0.3) is 0 Å². The van der Waals surface area contributed by atoms with Crippen LogP contribution in [-0.4, -0.2) is 39.2 Å². The van der Waals surface area contributed by atoms with E-state index in [1.807, 2.05) is 38.1 Å². The first-order chi connectivity index (χ1) is 11.3. The molecule has 24 heavy (non-hydrogen) atoms. The molecule has 0 radical (unpaired) electrons. The summed E-state index contributed by atoms with van der Waals surface area (Å²) >= 11 is 0. The largest absolute Gasteiger partial charge is 0.497 e. The molecule has 2 aromatic rings. The fourth-order valence-electron chi connectivity index (χ4n) is 2.11. The minimum atomic E-state index is -0.707. The van der Waals surface area contributed by atoms with Gasteiger partial charge in [-0.1, -0.05) is 31.0 Å². The van der Waals surface area contributed by atoms with Crippen LogP contribution in [0.15, 0.2) is 30.6 Å². The van der Waals surface area contributed by atoms with E-state index in [4.69, 9.17) is 4.74 Å². The van der Waals surface area contributed by atoms with Gasteiger partial charge in [-0.3, -0.25) is 4.79 Å². The quantitative estimate of drug-likeness (QED) is 0.603. The number of carbonyl (C=O) groups is 1. The van der Waals surface area contributed by atoms with Crippen LogP contribution >= 0.6 is 0 Å². The number of hydrogen-bond donors (Lipinski definition) is 1. The van der Waals surface area contributed by atoms with Crippen molar-refractivity contribution in [1.29, 1.82) is 0 Å². The van der Waals surface area contributed by atoms with Gasteiger partial charge in [-0.2, -0.15) is 4.68 Å². The maximum atomic E-state index is 12.0. The summed E-state index contributed by atoms with van der Waals surface area (Å²) in [6, 6.07) is 7.64. The van der Waals surface area contributed by atoms with E-state index in [1.54, 1.807) is 7.11 Å². The van der Waals surface area contributed by atoms with E-state index >= 15 is 0 Å². The smallest absolute Gasteiger partial charge is 0.490 e. The maximum absolute atomic E-state index is 12.0. The summed E-state index contributed by atoms with van der Waals surface area (Å²) in [5.74, 6) is -0.0518. The molecule has 0 unspecified atom stereocenters. The van der Waals surface area contributed by atoms with Crippen LogP contribution in [-0.2, 0) is 16.8 Å². The summed E-state index contributed by atoms with van der Waals surface area (Å²) in [6.07, 6.45) is 1.16. The SMILES string of the molecule is COc1ccc(C(C)(C)CNC(=O)Cn2cnc([N+](=O)[O-])n2)cc1. The molecule has 0 spiro atoms. The summed E-state index contributed by atoms with van der Waals surface area (Å²) in [6.45, 7) is 4.30. The second-order valence-electron chi connectivity index (χ2n) is 5.89. The minimum absolute atomic E-state index is 0.125. The highest BCUT2D eigenvalue weighted by Gasteiger charge is 2.22. The Morgan fingerprint density at radius 2 is 2.04 bits per heavy atom. The molecule has 9 heteroatoms. The van der Waals surface area contributed by atoms with Crippen LogP contribution in [0, 0.1) is 10.1 Å². The van der Waals surface area contributed by atoms with Crippen molar-refractivity contribution >= 4 is 11.9 Å². The van der Waals surface area contributed by atoms with Crippen molar-refractivity contribution in [2.45, 2.75) is 25.8 Å². The van der Waals surface area contributed by atoms with Gasteiger partial charge in [-0.15, -0.1) is 0 Å². The number of methoxy groups -OCH3 is 1. The molecule has 1 N–H and O–H groups in total. The average Bonchev–Trinajstić information content (AvgIpc) is 3.02. The van der Waals surface area contributed by atoms with E-state index < -0.39 is 10.9 Å². The molecule has 0 aliphatic carbocycles. The monoisotopic (exact) mass is 333 g/mol. The standard InChI is InChI=1S/C15H19N5O4/c1-15(2,11-4-6-12(24-3)7-5-11)9-16-13(21)8-19-10-17-14(18-19)20(22)23/h4-7,10H,8-9H2,1-3H3,(H,16,21). The highest BCUT2D eigenvalue weighted by atomic mass is 16.6. The molecule has 128 valence electrons. The van der Waals surface area contributed by atoms with E-state index in [-0.39, 0.29) is 17.9 Å². The van der Waals surface area contributed by atoms with Crippen LogP contribution in [0.3, 0.4) is 0 Å². The number of hydrogen-bond acceptors (Lipinski definition) is 6. The van der Waals surface area contributed by atoms with Gasteiger partial charge in [0, 0.05) is 17.1 Å². The van der Waals surface area contributed by atoms with Crippen LogP contribution in [0.4, 0.5) is 5.95 Å². The van der Waals surface area contributed by atoms with Gasteiger partial charge in [0.1, 0.15) is 12.3 Å². The first-order valence-corrected chi connectivity index (χ1v) is 7.27. The van der Waals surface area contributed by atoms with E-state index in [0.717, 1.165) is 22.3 Å². The second-order valence-corrected chi connectivity index (χ2v) is 5.89. The predicted octanol–water partition coefficient (Wildman–Crippen LogP) is 1.29. The summed E-state index contributed by atoms with van der Waals surface area (Å²) in [5, 5.41) is 16.9. The molecular weight excluding hydrogens is 314 g/mol. The van der Waals surface area contributed by atoms with Gasteiger partial charge in [-0.05, 0) is 22.6 Å². The van der Waals surface area contributed by atoms with Gasteiger partial charge in [0.15, 0.2) is 0 Å². The maximum Gasteiger partial charge on any atom is 0.490 e. The third kappa shape index (κ3) is 4.28. The molecule has 0 aliphatic heterocycles. The van der Waals surface area contributed by atoms with Gasteiger partial charge in [0.05, 0.1) is 7.11 Å². The zero-order valence-corrected chi connectivity index (χ0v) is 13.7. The first kappa shape index (κ1) is 17.4. The summed E-state index contributed by atoms with van der Waals surface area (Å²) in [5.41, 5.74) is 0.774. The van der Waals surface area contributed by atoms with Crippen molar-refractivity contribution in [3.8, 4) is 5.75 Å². The lowest BCUT2D eigenvalue weighted by Crippen LogP contribution is -2.38. The minimum Gasteiger partial charge on any atom is -0.497 e. The molecule has 1 amide bonds. The molecule has 0 fully saturated rings. The van der Waals surface area contributed by atoms with Crippen molar-refractivity contribution in [3.05, 3.63) is 46.3 Å². The third-order valence-electron chi connectivity index (χ3n) is 3.59.